The van der Waals surface area contributed by atoms with E-state index >= 15 is 0 Å². The summed E-state index contributed by atoms with van der Waals surface area (Å²) in [4.78, 5) is 40.4. The fourth-order valence-electron chi connectivity index (χ4n) is 5.62. The summed E-state index contributed by atoms with van der Waals surface area (Å²) in [5, 5.41) is 8.53. The van der Waals surface area contributed by atoms with Crippen molar-refractivity contribution in [3.63, 3.8) is 0 Å². The highest BCUT2D eigenvalue weighted by atomic mass is 16.2. The molecule has 0 saturated carbocycles. The summed E-state index contributed by atoms with van der Waals surface area (Å²) < 4.78 is 0. The Balaban J connectivity index is 0.00000237. The van der Waals surface area contributed by atoms with Crippen molar-refractivity contribution in [2.45, 2.75) is 44.9 Å². The van der Waals surface area contributed by atoms with Crippen molar-refractivity contribution in [3.05, 3.63) is 108 Å². The molecular formula is C35H46N4O3. The standard InChI is InChI=1S/C33H40N4O3.C2H6/c1-37-21-11-12-26(25-37)23-35-30(38)19-20-34-32(40)24-36-31(39)22-33(27-13-5-2-6-14-27,28-15-7-3-8-16-28)29-17-9-4-10-18-29;1-2/h2-10,13-18,26H,11-12,19-25H2,1H3,(H,34,40)(H,35,38)(H,36,39);1-2H3. The van der Waals surface area contributed by atoms with Gasteiger partial charge in [0.05, 0.1) is 12.0 Å². The molecule has 1 aliphatic heterocycles. The van der Waals surface area contributed by atoms with Crippen molar-refractivity contribution in [1.82, 2.24) is 20.9 Å². The summed E-state index contributed by atoms with van der Waals surface area (Å²) in [5.41, 5.74) is 2.27. The zero-order valence-electron chi connectivity index (χ0n) is 25.3. The quantitative estimate of drug-likeness (QED) is 0.280. The van der Waals surface area contributed by atoms with E-state index in [2.05, 4.69) is 27.9 Å². The van der Waals surface area contributed by atoms with Crippen LogP contribution in [0.15, 0.2) is 91.0 Å². The van der Waals surface area contributed by atoms with Gasteiger partial charge >= 0.3 is 0 Å². The molecule has 0 aliphatic carbocycles. The Hall–Kier alpha value is -3.97. The molecular weight excluding hydrogens is 524 g/mol. The number of nitrogens with zero attached hydrogens (tertiary/aromatic N) is 1. The number of amides is 3. The van der Waals surface area contributed by atoms with Gasteiger partial charge in [0.15, 0.2) is 0 Å². The number of nitrogens with one attached hydrogen (secondary N) is 3. The van der Waals surface area contributed by atoms with Gasteiger partial charge in [-0.05, 0) is 49.0 Å². The van der Waals surface area contributed by atoms with Crippen molar-refractivity contribution in [2.75, 3.05) is 39.8 Å². The Morgan fingerprint density at radius 2 is 1.26 bits per heavy atom. The van der Waals surface area contributed by atoms with Gasteiger partial charge in [-0.2, -0.15) is 0 Å². The Morgan fingerprint density at radius 1 is 0.738 bits per heavy atom. The Morgan fingerprint density at radius 3 is 1.76 bits per heavy atom. The second-order valence-corrected chi connectivity index (χ2v) is 10.6. The van der Waals surface area contributed by atoms with Crippen LogP contribution < -0.4 is 16.0 Å². The number of carbonyl (C=O) groups is 3. The topological polar surface area (TPSA) is 90.5 Å². The number of likely N-dealkylation sites (tertiary alicyclic amines) is 1. The Kier molecular flexibility index (Phi) is 13.2. The van der Waals surface area contributed by atoms with E-state index in [1.165, 1.54) is 0 Å². The van der Waals surface area contributed by atoms with Crippen molar-refractivity contribution in [1.29, 1.82) is 0 Å². The lowest BCUT2D eigenvalue weighted by molar-refractivity contribution is -0.126. The highest BCUT2D eigenvalue weighted by molar-refractivity contribution is 5.86. The van der Waals surface area contributed by atoms with Crippen LogP contribution in [-0.4, -0.2) is 62.4 Å². The molecule has 1 heterocycles. The summed E-state index contributed by atoms with van der Waals surface area (Å²) in [6.07, 6.45) is 2.63. The minimum absolute atomic E-state index is 0.0732. The second kappa shape index (κ2) is 17.1. The van der Waals surface area contributed by atoms with E-state index in [1.807, 2.05) is 105 Å². The SMILES string of the molecule is CC.CN1CCCC(CNC(=O)CCNC(=O)CNC(=O)CC(c2ccccc2)(c2ccccc2)c2ccccc2)C1. The van der Waals surface area contributed by atoms with Crippen LogP contribution in [0.3, 0.4) is 0 Å². The van der Waals surface area contributed by atoms with Gasteiger partial charge in [-0.3, -0.25) is 14.4 Å². The zero-order valence-corrected chi connectivity index (χ0v) is 25.3. The lowest BCUT2D eigenvalue weighted by atomic mass is 9.67. The number of benzene rings is 3. The first-order valence-electron chi connectivity index (χ1n) is 15.1. The summed E-state index contributed by atoms with van der Waals surface area (Å²) in [6.45, 7) is 6.85. The molecule has 1 fully saturated rings. The van der Waals surface area contributed by atoms with Crippen LogP contribution >= 0.6 is 0 Å². The maximum atomic E-state index is 13.4. The fraction of sp³-hybridized carbons (Fsp3) is 0.400. The molecule has 1 unspecified atom stereocenters. The number of hydrogen-bond acceptors (Lipinski definition) is 4. The molecule has 1 saturated heterocycles. The molecule has 0 aromatic heterocycles. The maximum Gasteiger partial charge on any atom is 0.239 e. The number of piperidine rings is 1. The molecule has 224 valence electrons. The molecule has 1 atom stereocenters. The molecule has 7 nitrogen and oxygen atoms in total. The smallest absolute Gasteiger partial charge is 0.239 e. The van der Waals surface area contributed by atoms with E-state index in [9.17, 15) is 14.4 Å². The molecule has 3 aromatic carbocycles. The van der Waals surface area contributed by atoms with Gasteiger partial charge in [-0.1, -0.05) is 105 Å². The minimum atomic E-state index is -0.727. The van der Waals surface area contributed by atoms with Gasteiger partial charge in [0.25, 0.3) is 0 Å². The number of hydrogen-bond donors (Lipinski definition) is 3. The van der Waals surface area contributed by atoms with E-state index in [4.69, 9.17) is 0 Å². The lowest BCUT2D eigenvalue weighted by Gasteiger charge is -2.35. The summed E-state index contributed by atoms with van der Waals surface area (Å²) in [5.74, 6) is -0.153. The summed E-state index contributed by atoms with van der Waals surface area (Å²) in [7, 11) is 2.10. The molecule has 0 bridgehead atoms. The van der Waals surface area contributed by atoms with Crippen molar-refractivity contribution in [2.24, 2.45) is 5.92 Å². The fourth-order valence-corrected chi connectivity index (χ4v) is 5.62. The lowest BCUT2D eigenvalue weighted by Crippen LogP contribution is -2.42. The Bertz CT molecular complexity index is 1140. The molecule has 7 heteroatoms. The van der Waals surface area contributed by atoms with Gasteiger partial charge in [0.2, 0.25) is 17.7 Å². The first kappa shape index (κ1) is 32.5. The van der Waals surface area contributed by atoms with E-state index in [0.717, 1.165) is 42.6 Å². The van der Waals surface area contributed by atoms with E-state index < -0.39 is 5.41 Å². The number of rotatable bonds is 12. The van der Waals surface area contributed by atoms with E-state index in [1.54, 1.807) is 0 Å². The highest BCUT2D eigenvalue weighted by Gasteiger charge is 2.38. The average Bonchev–Trinajstić information content (AvgIpc) is 3.04. The summed E-state index contributed by atoms with van der Waals surface area (Å²) >= 11 is 0. The summed E-state index contributed by atoms with van der Waals surface area (Å²) in [6, 6.07) is 30.0. The molecule has 3 aromatic rings. The van der Waals surface area contributed by atoms with Crippen molar-refractivity contribution < 1.29 is 14.4 Å². The molecule has 1 aliphatic rings. The zero-order chi connectivity index (χ0) is 30.2. The van der Waals surface area contributed by atoms with Crippen molar-refractivity contribution >= 4 is 17.7 Å². The first-order chi connectivity index (χ1) is 20.5. The third-order valence-corrected chi connectivity index (χ3v) is 7.66. The second-order valence-electron chi connectivity index (χ2n) is 10.6. The van der Waals surface area contributed by atoms with Gasteiger partial charge in [0.1, 0.15) is 0 Å². The predicted octanol–water partition coefficient (Wildman–Crippen LogP) is 4.52. The molecule has 4 rings (SSSR count). The van der Waals surface area contributed by atoms with E-state index in [-0.39, 0.29) is 43.7 Å². The minimum Gasteiger partial charge on any atom is -0.356 e. The third-order valence-electron chi connectivity index (χ3n) is 7.66. The van der Waals surface area contributed by atoms with Crippen LogP contribution in [0, 0.1) is 5.92 Å². The van der Waals surface area contributed by atoms with Crippen LogP contribution in [0.1, 0.15) is 56.2 Å². The molecule has 3 amide bonds. The van der Waals surface area contributed by atoms with Gasteiger partial charge in [-0.25, -0.2) is 0 Å². The van der Waals surface area contributed by atoms with Crippen LogP contribution in [0.25, 0.3) is 0 Å². The van der Waals surface area contributed by atoms with Gasteiger partial charge in [0, 0.05) is 32.5 Å². The van der Waals surface area contributed by atoms with Gasteiger partial charge < -0.3 is 20.9 Å². The molecule has 42 heavy (non-hydrogen) atoms. The Labute approximate surface area is 251 Å². The molecule has 3 N–H and O–H groups in total. The number of carbonyl (C=O) groups excluding carboxylic acids is 3. The van der Waals surface area contributed by atoms with Gasteiger partial charge in [-0.15, -0.1) is 0 Å². The highest BCUT2D eigenvalue weighted by Crippen LogP contribution is 2.42. The normalized spacial score (nSPS) is 15.1. The molecule has 0 radical (unpaired) electrons. The largest absolute Gasteiger partial charge is 0.356 e. The van der Waals surface area contributed by atoms with Crippen LogP contribution in [-0.2, 0) is 19.8 Å². The van der Waals surface area contributed by atoms with Crippen LogP contribution in [0.2, 0.25) is 0 Å². The van der Waals surface area contributed by atoms with Crippen LogP contribution in [0.5, 0.6) is 0 Å². The average molecular weight is 571 g/mol. The third kappa shape index (κ3) is 9.28. The first-order valence-corrected chi connectivity index (χ1v) is 15.1. The van der Waals surface area contributed by atoms with E-state index in [0.29, 0.717) is 12.5 Å². The monoisotopic (exact) mass is 570 g/mol. The predicted molar refractivity (Wildman–Crippen MR) is 169 cm³/mol. The van der Waals surface area contributed by atoms with Crippen LogP contribution in [0.4, 0.5) is 0 Å². The maximum absolute atomic E-state index is 13.4. The van der Waals surface area contributed by atoms with Crippen molar-refractivity contribution in [3.8, 4) is 0 Å². The molecule has 0 spiro atoms.